The minimum Gasteiger partial charge on any atom is -0.480 e. The number of aliphatic carboxylic acids is 1. The zero-order chi connectivity index (χ0) is 12.4. The molecular formula is C12H13BrFNO2. The van der Waals surface area contributed by atoms with E-state index < -0.39 is 5.97 Å². The van der Waals surface area contributed by atoms with E-state index in [0.717, 1.165) is 18.4 Å². The molecule has 1 aliphatic rings. The van der Waals surface area contributed by atoms with Gasteiger partial charge in [0.2, 0.25) is 0 Å². The number of halogens is 2. The fraction of sp³-hybridized carbons (Fsp3) is 0.417. The molecule has 1 N–H and O–H groups in total. The second kappa shape index (κ2) is 5.14. The summed E-state index contributed by atoms with van der Waals surface area (Å²) in [6, 6.07) is 5.00. The van der Waals surface area contributed by atoms with E-state index in [0.29, 0.717) is 17.1 Å². The van der Waals surface area contributed by atoms with Crippen molar-refractivity contribution in [3.8, 4) is 0 Å². The lowest BCUT2D eigenvalue weighted by atomic mass is 10.2. The molecule has 0 saturated heterocycles. The number of carbonyl (C=O) groups is 1. The summed E-state index contributed by atoms with van der Waals surface area (Å²) in [6.07, 6.45) is 2.06. The molecule has 0 heterocycles. The molecule has 1 aliphatic carbocycles. The summed E-state index contributed by atoms with van der Waals surface area (Å²) in [5, 5.41) is 8.82. The van der Waals surface area contributed by atoms with Crippen molar-refractivity contribution in [2.75, 3.05) is 6.54 Å². The van der Waals surface area contributed by atoms with Crippen LogP contribution in [0.15, 0.2) is 22.7 Å². The van der Waals surface area contributed by atoms with Crippen molar-refractivity contribution in [1.82, 2.24) is 4.90 Å². The van der Waals surface area contributed by atoms with Crippen molar-refractivity contribution in [3.05, 3.63) is 34.1 Å². The van der Waals surface area contributed by atoms with Gasteiger partial charge >= 0.3 is 5.97 Å². The Hall–Kier alpha value is -0.940. The quantitative estimate of drug-likeness (QED) is 0.909. The predicted octanol–water partition coefficient (Wildman–Crippen LogP) is 2.64. The van der Waals surface area contributed by atoms with E-state index in [1.807, 2.05) is 11.0 Å². The van der Waals surface area contributed by atoms with Gasteiger partial charge in [0.15, 0.2) is 0 Å². The molecule has 5 heteroatoms. The lowest BCUT2D eigenvalue weighted by Gasteiger charge is -2.19. The van der Waals surface area contributed by atoms with E-state index >= 15 is 0 Å². The first kappa shape index (κ1) is 12.5. The molecule has 3 nitrogen and oxygen atoms in total. The van der Waals surface area contributed by atoms with Crippen LogP contribution in [0.5, 0.6) is 0 Å². The summed E-state index contributed by atoms with van der Waals surface area (Å²) >= 11 is 3.23. The van der Waals surface area contributed by atoms with Crippen LogP contribution in [-0.4, -0.2) is 28.6 Å². The minimum absolute atomic E-state index is 0.0127. The smallest absolute Gasteiger partial charge is 0.317 e. The molecule has 0 aromatic heterocycles. The maximum absolute atomic E-state index is 13.2. The molecule has 1 saturated carbocycles. The first-order valence-corrected chi connectivity index (χ1v) is 6.25. The van der Waals surface area contributed by atoms with Crippen molar-refractivity contribution in [3.63, 3.8) is 0 Å². The Kier molecular flexibility index (Phi) is 3.79. The zero-order valence-electron chi connectivity index (χ0n) is 9.20. The molecule has 92 valence electrons. The van der Waals surface area contributed by atoms with Gasteiger partial charge in [0.25, 0.3) is 0 Å². The summed E-state index contributed by atoms with van der Waals surface area (Å²) < 4.78 is 13.9. The molecule has 0 aliphatic heterocycles. The summed E-state index contributed by atoms with van der Waals surface area (Å²) in [7, 11) is 0. The van der Waals surface area contributed by atoms with Crippen LogP contribution >= 0.6 is 15.9 Å². The summed E-state index contributed by atoms with van der Waals surface area (Å²) in [5.74, 6) is -1.15. The Balaban J connectivity index is 2.08. The maximum atomic E-state index is 13.2. The Morgan fingerprint density at radius 2 is 2.18 bits per heavy atom. The highest BCUT2D eigenvalue weighted by molar-refractivity contribution is 9.10. The second-order valence-corrected chi connectivity index (χ2v) is 5.22. The fourth-order valence-electron chi connectivity index (χ4n) is 1.86. The normalized spacial score (nSPS) is 15.2. The molecule has 0 spiro atoms. The van der Waals surface area contributed by atoms with Crippen LogP contribution in [0.3, 0.4) is 0 Å². The molecule has 17 heavy (non-hydrogen) atoms. The first-order valence-electron chi connectivity index (χ1n) is 5.45. The van der Waals surface area contributed by atoms with Crippen LogP contribution in [-0.2, 0) is 11.3 Å². The lowest BCUT2D eigenvalue weighted by molar-refractivity contribution is -0.138. The van der Waals surface area contributed by atoms with Crippen LogP contribution in [0.1, 0.15) is 18.4 Å². The molecule has 0 radical (unpaired) electrons. The van der Waals surface area contributed by atoms with Gasteiger partial charge in [0, 0.05) is 17.1 Å². The van der Waals surface area contributed by atoms with E-state index in [1.54, 1.807) is 0 Å². The average Bonchev–Trinajstić information content (AvgIpc) is 2.96. The largest absolute Gasteiger partial charge is 0.480 e. The van der Waals surface area contributed by atoms with E-state index in [1.165, 1.54) is 12.1 Å². The zero-order valence-corrected chi connectivity index (χ0v) is 10.8. The van der Waals surface area contributed by atoms with Gasteiger partial charge in [-0.2, -0.15) is 0 Å². The summed E-state index contributed by atoms with van der Waals surface area (Å²) in [6.45, 7) is 0.492. The van der Waals surface area contributed by atoms with Gasteiger partial charge in [-0.3, -0.25) is 9.69 Å². The second-order valence-electron chi connectivity index (χ2n) is 4.31. The van der Waals surface area contributed by atoms with Gasteiger partial charge < -0.3 is 5.11 Å². The van der Waals surface area contributed by atoms with E-state index in [-0.39, 0.29) is 12.4 Å². The SMILES string of the molecule is O=C(O)CN(Cc1cc(F)cc(Br)c1)C1CC1. The third-order valence-electron chi connectivity index (χ3n) is 2.71. The molecule has 2 rings (SSSR count). The molecule has 0 atom stereocenters. The monoisotopic (exact) mass is 301 g/mol. The molecule has 1 aromatic carbocycles. The van der Waals surface area contributed by atoms with Crippen LogP contribution in [0, 0.1) is 5.82 Å². The lowest BCUT2D eigenvalue weighted by Crippen LogP contribution is -2.31. The maximum Gasteiger partial charge on any atom is 0.317 e. The third kappa shape index (κ3) is 3.78. The molecular weight excluding hydrogens is 289 g/mol. The number of carboxylic acids is 1. The number of rotatable bonds is 5. The van der Waals surface area contributed by atoms with Gasteiger partial charge in [-0.15, -0.1) is 0 Å². The highest BCUT2D eigenvalue weighted by Gasteiger charge is 2.30. The van der Waals surface area contributed by atoms with Crippen molar-refractivity contribution in [1.29, 1.82) is 0 Å². The fourth-order valence-corrected chi connectivity index (χ4v) is 2.38. The van der Waals surface area contributed by atoms with Gasteiger partial charge in [-0.1, -0.05) is 15.9 Å². The molecule has 0 bridgehead atoms. The summed E-state index contributed by atoms with van der Waals surface area (Å²) in [5.41, 5.74) is 0.796. The molecule has 0 unspecified atom stereocenters. The summed E-state index contributed by atoms with van der Waals surface area (Å²) in [4.78, 5) is 12.6. The average molecular weight is 302 g/mol. The minimum atomic E-state index is -0.840. The van der Waals surface area contributed by atoms with Gasteiger partial charge in [-0.25, -0.2) is 4.39 Å². The Morgan fingerprint density at radius 1 is 1.47 bits per heavy atom. The van der Waals surface area contributed by atoms with Crippen molar-refractivity contribution in [2.45, 2.75) is 25.4 Å². The van der Waals surface area contributed by atoms with E-state index in [9.17, 15) is 9.18 Å². The van der Waals surface area contributed by atoms with Crippen LogP contribution in [0.4, 0.5) is 4.39 Å². The first-order chi connectivity index (χ1) is 8.04. The topological polar surface area (TPSA) is 40.5 Å². The third-order valence-corrected chi connectivity index (χ3v) is 3.17. The van der Waals surface area contributed by atoms with Gasteiger partial charge in [0.05, 0.1) is 6.54 Å². The van der Waals surface area contributed by atoms with Gasteiger partial charge in [-0.05, 0) is 36.6 Å². The Bertz CT molecular complexity index is 414. The number of hydrogen-bond donors (Lipinski definition) is 1. The van der Waals surface area contributed by atoms with E-state index in [2.05, 4.69) is 15.9 Å². The Morgan fingerprint density at radius 3 is 2.71 bits per heavy atom. The number of benzene rings is 1. The van der Waals surface area contributed by atoms with Crippen LogP contribution in [0.25, 0.3) is 0 Å². The standard InChI is InChI=1S/C12H13BrFNO2/c13-9-3-8(4-10(14)5-9)6-15(7-12(16)17)11-1-2-11/h3-5,11H,1-2,6-7H2,(H,16,17). The van der Waals surface area contributed by atoms with Crippen LogP contribution in [0.2, 0.25) is 0 Å². The van der Waals surface area contributed by atoms with Crippen molar-refractivity contribution < 1.29 is 14.3 Å². The van der Waals surface area contributed by atoms with Gasteiger partial charge in [0.1, 0.15) is 5.82 Å². The molecule has 1 aromatic rings. The molecule has 1 fully saturated rings. The molecule has 0 amide bonds. The van der Waals surface area contributed by atoms with Crippen molar-refractivity contribution in [2.24, 2.45) is 0 Å². The van der Waals surface area contributed by atoms with Crippen LogP contribution < -0.4 is 0 Å². The predicted molar refractivity (Wildman–Crippen MR) is 65.2 cm³/mol. The number of carboxylic acid groups (broad SMARTS) is 1. The Labute approximate surface area is 107 Å². The van der Waals surface area contributed by atoms with Crippen molar-refractivity contribution >= 4 is 21.9 Å². The van der Waals surface area contributed by atoms with E-state index in [4.69, 9.17) is 5.11 Å². The highest BCUT2D eigenvalue weighted by atomic mass is 79.9. The number of nitrogens with zero attached hydrogens (tertiary/aromatic N) is 1. The highest BCUT2D eigenvalue weighted by Crippen LogP contribution is 2.28. The number of hydrogen-bond acceptors (Lipinski definition) is 2.